The van der Waals surface area contributed by atoms with Gasteiger partial charge in [0.1, 0.15) is 5.75 Å². The molecule has 0 bridgehead atoms. The molecule has 0 unspecified atom stereocenters. The molecule has 26 heavy (non-hydrogen) atoms. The van der Waals surface area contributed by atoms with E-state index in [0.29, 0.717) is 12.2 Å². The normalized spacial score (nSPS) is 13.0. The highest BCUT2D eigenvalue weighted by atomic mass is 16.5. The first-order chi connectivity index (χ1) is 12.7. The van der Waals surface area contributed by atoms with Crippen molar-refractivity contribution < 1.29 is 14.6 Å². The number of aliphatic hydroxyl groups excluding tert-OH is 1. The predicted molar refractivity (Wildman–Crippen MR) is 99.0 cm³/mol. The van der Waals surface area contributed by atoms with Gasteiger partial charge in [-0.05, 0) is 47.5 Å². The molecule has 5 nitrogen and oxygen atoms in total. The Morgan fingerprint density at radius 3 is 2.85 bits per heavy atom. The van der Waals surface area contributed by atoms with Gasteiger partial charge in [0.2, 0.25) is 0 Å². The van der Waals surface area contributed by atoms with Gasteiger partial charge in [-0.25, -0.2) is 0 Å². The minimum absolute atomic E-state index is 0.0196. The zero-order valence-corrected chi connectivity index (χ0v) is 14.1. The number of nitrogens with one attached hydrogen (secondary N) is 1. The average molecular weight is 346 g/mol. The molecule has 0 saturated heterocycles. The lowest BCUT2D eigenvalue weighted by molar-refractivity contribution is 0.104. The molecule has 1 aliphatic heterocycles. The maximum absolute atomic E-state index is 12.4. The van der Waals surface area contributed by atoms with Crippen LogP contribution in [-0.4, -0.2) is 27.7 Å². The molecule has 2 aromatic carbocycles. The van der Waals surface area contributed by atoms with Crippen LogP contribution in [0.5, 0.6) is 5.75 Å². The molecule has 5 heteroatoms. The molecule has 0 radical (unpaired) electrons. The number of ketones is 1. The van der Waals surface area contributed by atoms with Crippen molar-refractivity contribution >= 4 is 11.9 Å². The molecule has 0 atom stereocenters. The molecule has 130 valence electrons. The second kappa shape index (κ2) is 6.98. The molecule has 4 rings (SSSR count). The largest absolute Gasteiger partial charge is 0.493 e. The van der Waals surface area contributed by atoms with E-state index >= 15 is 0 Å². The number of carbonyl (C=O) groups is 1. The molecule has 2 N–H and O–H groups in total. The van der Waals surface area contributed by atoms with Crippen LogP contribution in [-0.2, 0) is 13.0 Å². The van der Waals surface area contributed by atoms with E-state index in [1.165, 1.54) is 0 Å². The summed E-state index contributed by atoms with van der Waals surface area (Å²) >= 11 is 0. The Labute approximate surface area is 151 Å². The van der Waals surface area contributed by atoms with Crippen molar-refractivity contribution in [1.82, 2.24) is 10.2 Å². The van der Waals surface area contributed by atoms with Crippen molar-refractivity contribution in [3.8, 4) is 17.0 Å². The predicted octanol–water partition coefficient (Wildman–Crippen LogP) is 3.40. The summed E-state index contributed by atoms with van der Waals surface area (Å²) in [5.74, 6) is 0.819. The molecule has 3 aromatic rings. The third kappa shape index (κ3) is 3.30. The van der Waals surface area contributed by atoms with Gasteiger partial charge in [0.15, 0.2) is 5.78 Å². The number of hydrogen-bond acceptors (Lipinski definition) is 4. The van der Waals surface area contributed by atoms with E-state index in [9.17, 15) is 4.79 Å². The minimum Gasteiger partial charge on any atom is -0.493 e. The van der Waals surface area contributed by atoms with Gasteiger partial charge in [0.25, 0.3) is 0 Å². The Bertz CT molecular complexity index is 971. The monoisotopic (exact) mass is 346 g/mol. The second-order valence-electron chi connectivity index (χ2n) is 6.18. The molecule has 1 aromatic heterocycles. The summed E-state index contributed by atoms with van der Waals surface area (Å²) < 4.78 is 5.47. The lowest BCUT2D eigenvalue weighted by atomic mass is 10.0. The Kier molecular flexibility index (Phi) is 4.37. The zero-order valence-electron chi connectivity index (χ0n) is 14.1. The zero-order chi connectivity index (χ0) is 17.9. The van der Waals surface area contributed by atoms with Crippen molar-refractivity contribution in [3.05, 3.63) is 77.0 Å². The number of rotatable bonds is 5. The first-order valence-electron chi connectivity index (χ1n) is 8.46. The summed E-state index contributed by atoms with van der Waals surface area (Å²) in [6, 6.07) is 15.0. The van der Waals surface area contributed by atoms with E-state index in [0.717, 1.165) is 40.2 Å². The van der Waals surface area contributed by atoms with Crippen molar-refractivity contribution in [2.45, 2.75) is 13.0 Å². The quantitative estimate of drug-likeness (QED) is 0.548. The lowest BCUT2D eigenvalue weighted by Gasteiger charge is -2.00. The summed E-state index contributed by atoms with van der Waals surface area (Å²) in [6.45, 7) is 0.699. The van der Waals surface area contributed by atoms with Gasteiger partial charge in [0.05, 0.1) is 24.6 Å². The Morgan fingerprint density at radius 1 is 1.19 bits per heavy atom. The number of aromatic nitrogens is 2. The molecule has 0 fully saturated rings. The first-order valence-corrected chi connectivity index (χ1v) is 8.46. The van der Waals surface area contributed by atoms with Gasteiger partial charge in [-0.2, -0.15) is 5.10 Å². The summed E-state index contributed by atoms with van der Waals surface area (Å²) in [7, 11) is 0. The lowest BCUT2D eigenvalue weighted by Crippen LogP contribution is -1.95. The van der Waals surface area contributed by atoms with Crippen LogP contribution in [0.4, 0.5) is 0 Å². The van der Waals surface area contributed by atoms with Gasteiger partial charge < -0.3 is 9.84 Å². The Balaban J connectivity index is 1.48. The number of H-pyrrole nitrogens is 1. The van der Waals surface area contributed by atoms with E-state index in [-0.39, 0.29) is 12.4 Å². The summed E-state index contributed by atoms with van der Waals surface area (Å²) in [4.78, 5) is 12.4. The molecular weight excluding hydrogens is 328 g/mol. The van der Waals surface area contributed by atoms with E-state index in [4.69, 9.17) is 9.84 Å². The number of carbonyl (C=O) groups excluding carboxylic acids is 1. The number of ether oxygens (including phenoxy) is 1. The highest BCUT2D eigenvalue weighted by Crippen LogP contribution is 2.26. The first kappa shape index (κ1) is 16.3. The van der Waals surface area contributed by atoms with E-state index in [1.807, 2.05) is 42.5 Å². The van der Waals surface area contributed by atoms with Crippen LogP contribution in [0.3, 0.4) is 0 Å². The average Bonchev–Trinajstić information content (AvgIpc) is 3.35. The minimum atomic E-state index is -0.0526. The van der Waals surface area contributed by atoms with Gasteiger partial charge in [-0.1, -0.05) is 24.3 Å². The number of aromatic amines is 1. The van der Waals surface area contributed by atoms with Crippen LogP contribution in [0.25, 0.3) is 17.3 Å². The number of hydrogen-bond donors (Lipinski definition) is 2. The maximum Gasteiger partial charge on any atom is 0.185 e. The summed E-state index contributed by atoms with van der Waals surface area (Å²) in [6.07, 6.45) is 4.12. The van der Waals surface area contributed by atoms with Gasteiger partial charge >= 0.3 is 0 Å². The number of aliphatic hydroxyl groups is 1. The Morgan fingerprint density at radius 2 is 2.04 bits per heavy atom. The van der Waals surface area contributed by atoms with Crippen LogP contribution in [0.1, 0.15) is 27.2 Å². The molecule has 0 saturated carbocycles. The van der Waals surface area contributed by atoms with Crippen LogP contribution < -0.4 is 4.74 Å². The van der Waals surface area contributed by atoms with Crippen LogP contribution in [0.15, 0.2) is 54.6 Å². The standard InChI is InChI=1S/C21H18N2O3/c24-13-14-1-3-15(4-2-14)19-12-18(22-23-19)6-7-20(25)16-5-8-21-17(11-16)9-10-26-21/h1-8,11-12,24H,9-10,13H2,(H,22,23)/b7-6+. The van der Waals surface area contributed by atoms with Crippen molar-refractivity contribution in [3.63, 3.8) is 0 Å². The van der Waals surface area contributed by atoms with Gasteiger partial charge in [0, 0.05) is 17.5 Å². The summed E-state index contributed by atoms with van der Waals surface area (Å²) in [5, 5.41) is 16.3. The number of allylic oxidation sites excluding steroid dienone is 1. The molecule has 0 amide bonds. The van der Waals surface area contributed by atoms with Crippen molar-refractivity contribution in [1.29, 1.82) is 0 Å². The molecule has 1 aliphatic rings. The second-order valence-corrected chi connectivity index (χ2v) is 6.18. The highest BCUT2D eigenvalue weighted by molar-refractivity contribution is 6.07. The van der Waals surface area contributed by atoms with Crippen LogP contribution >= 0.6 is 0 Å². The van der Waals surface area contributed by atoms with Gasteiger partial charge in [-0.15, -0.1) is 0 Å². The van der Waals surface area contributed by atoms with Crippen molar-refractivity contribution in [2.75, 3.05) is 6.61 Å². The third-order valence-corrected chi connectivity index (χ3v) is 4.42. The topological polar surface area (TPSA) is 75.2 Å². The Hall–Kier alpha value is -3.18. The van der Waals surface area contributed by atoms with E-state index < -0.39 is 0 Å². The number of nitrogens with zero attached hydrogens (tertiary/aromatic N) is 1. The molecular formula is C21H18N2O3. The molecule has 0 aliphatic carbocycles. The van der Waals surface area contributed by atoms with E-state index in [2.05, 4.69) is 10.2 Å². The number of fused-ring (bicyclic) bond motifs is 1. The maximum atomic E-state index is 12.4. The summed E-state index contributed by atoms with van der Waals surface area (Å²) in [5.41, 5.74) is 5.09. The van der Waals surface area contributed by atoms with E-state index in [1.54, 1.807) is 18.2 Å². The fraction of sp³-hybridized carbons (Fsp3) is 0.143. The smallest absolute Gasteiger partial charge is 0.185 e. The highest BCUT2D eigenvalue weighted by Gasteiger charge is 2.14. The fourth-order valence-electron chi connectivity index (χ4n) is 2.95. The van der Waals surface area contributed by atoms with Gasteiger partial charge in [-0.3, -0.25) is 9.89 Å². The van der Waals surface area contributed by atoms with Crippen LogP contribution in [0, 0.1) is 0 Å². The fourth-order valence-corrected chi connectivity index (χ4v) is 2.95. The molecule has 2 heterocycles. The number of benzene rings is 2. The third-order valence-electron chi connectivity index (χ3n) is 4.42. The van der Waals surface area contributed by atoms with Crippen molar-refractivity contribution in [2.24, 2.45) is 0 Å². The van der Waals surface area contributed by atoms with Crippen LogP contribution in [0.2, 0.25) is 0 Å². The molecule has 0 spiro atoms. The SMILES string of the molecule is O=C(/C=C/c1cc(-c2ccc(CO)cc2)n[nH]1)c1ccc2c(c1)CCO2.